The average molecular weight is 272 g/mol. The smallest absolute Gasteiger partial charge is 0.255 e. The molecule has 1 aromatic heterocycles. The van der Waals surface area contributed by atoms with E-state index in [2.05, 4.69) is 16.8 Å². The van der Waals surface area contributed by atoms with Crippen molar-refractivity contribution in [2.24, 2.45) is 5.92 Å². The molecule has 0 radical (unpaired) electrons. The third-order valence-corrected chi connectivity index (χ3v) is 3.67. The van der Waals surface area contributed by atoms with Gasteiger partial charge in [0.2, 0.25) is 0 Å². The second kappa shape index (κ2) is 7.06. The maximum Gasteiger partial charge on any atom is 0.255 e. The number of carbonyl (C=O) groups is 1. The second-order valence-corrected chi connectivity index (χ2v) is 5.06. The van der Waals surface area contributed by atoms with Crippen LogP contribution >= 0.6 is 0 Å². The zero-order valence-corrected chi connectivity index (χ0v) is 11.8. The summed E-state index contributed by atoms with van der Waals surface area (Å²) in [4.78, 5) is 18.4. The molecule has 0 aliphatic heterocycles. The monoisotopic (exact) mass is 272 g/mol. The zero-order chi connectivity index (χ0) is 14.4. The van der Waals surface area contributed by atoms with Gasteiger partial charge in [0.1, 0.15) is 6.61 Å². The summed E-state index contributed by atoms with van der Waals surface area (Å²) < 4.78 is 0. The van der Waals surface area contributed by atoms with Gasteiger partial charge in [-0.25, -0.2) is 0 Å². The van der Waals surface area contributed by atoms with Crippen LogP contribution in [-0.2, 0) is 0 Å². The molecular formula is C16H20N2O2. The van der Waals surface area contributed by atoms with Crippen molar-refractivity contribution in [2.45, 2.75) is 26.2 Å². The molecule has 1 aliphatic rings. The van der Waals surface area contributed by atoms with Gasteiger partial charge in [-0.05, 0) is 31.7 Å². The summed E-state index contributed by atoms with van der Waals surface area (Å²) in [6.07, 6.45) is 6.91. The summed E-state index contributed by atoms with van der Waals surface area (Å²) in [6.45, 7) is 3.35. The van der Waals surface area contributed by atoms with Gasteiger partial charge in [-0.15, -0.1) is 0 Å². The molecule has 106 valence electrons. The van der Waals surface area contributed by atoms with Crippen LogP contribution in [0.25, 0.3) is 0 Å². The fourth-order valence-corrected chi connectivity index (χ4v) is 2.29. The van der Waals surface area contributed by atoms with Gasteiger partial charge >= 0.3 is 0 Å². The van der Waals surface area contributed by atoms with E-state index in [4.69, 9.17) is 5.11 Å². The van der Waals surface area contributed by atoms with Crippen molar-refractivity contribution < 1.29 is 9.90 Å². The fraction of sp³-hybridized carbons (Fsp3) is 0.500. The number of rotatable bonds is 4. The Bertz CT molecular complexity index is 527. The van der Waals surface area contributed by atoms with Gasteiger partial charge in [-0.2, -0.15) is 0 Å². The number of aliphatic hydroxyl groups excluding tert-OH is 1. The van der Waals surface area contributed by atoms with Crippen LogP contribution in [-0.4, -0.2) is 40.6 Å². The van der Waals surface area contributed by atoms with E-state index in [-0.39, 0.29) is 12.5 Å². The van der Waals surface area contributed by atoms with E-state index in [9.17, 15) is 4.79 Å². The van der Waals surface area contributed by atoms with Crippen molar-refractivity contribution in [3.63, 3.8) is 0 Å². The SMILES string of the molecule is CCN(CC1CCC1)C(=O)c1cncc(C#CCO)c1. The first-order valence-electron chi connectivity index (χ1n) is 7.08. The van der Waals surface area contributed by atoms with E-state index >= 15 is 0 Å². The summed E-state index contributed by atoms with van der Waals surface area (Å²) in [5.74, 6) is 6.01. The quantitative estimate of drug-likeness (QED) is 0.849. The first kappa shape index (κ1) is 14.5. The molecule has 1 aromatic rings. The van der Waals surface area contributed by atoms with Crippen LogP contribution in [0.3, 0.4) is 0 Å². The molecule has 20 heavy (non-hydrogen) atoms. The lowest BCUT2D eigenvalue weighted by molar-refractivity contribution is 0.0706. The Hall–Kier alpha value is -1.86. The van der Waals surface area contributed by atoms with Gasteiger partial charge in [-0.1, -0.05) is 18.3 Å². The van der Waals surface area contributed by atoms with Gasteiger partial charge in [0.25, 0.3) is 5.91 Å². The molecule has 1 fully saturated rings. The third kappa shape index (κ3) is 3.58. The van der Waals surface area contributed by atoms with Crippen molar-refractivity contribution in [1.29, 1.82) is 0 Å². The third-order valence-electron chi connectivity index (χ3n) is 3.67. The van der Waals surface area contributed by atoms with Crippen molar-refractivity contribution in [3.05, 3.63) is 29.6 Å². The molecule has 2 rings (SSSR count). The molecule has 0 spiro atoms. The minimum atomic E-state index is -0.194. The van der Waals surface area contributed by atoms with E-state index in [1.807, 2.05) is 11.8 Å². The lowest BCUT2D eigenvalue weighted by atomic mass is 9.85. The van der Waals surface area contributed by atoms with Crippen LogP contribution in [0.2, 0.25) is 0 Å². The van der Waals surface area contributed by atoms with E-state index in [0.29, 0.717) is 23.6 Å². The molecule has 1 heterocycles. The highest BCUT2D eigenvalue weighted by Gasteiger charge is 2.23. The summed E-state index contributed by atoms with van der Waals surface area (Å²) in [5, 5.41) is 8.70. The Morgan fingerprint density at radius 1 is 1.50 bits per heavy atom. The Balaban J connectivity index is 2.09. The van der Waals surface area contributed by atoms with Crippen LogP contribution in [0.4, 0.5) is 0 Å². The highest BCUT2D eigenvalue weighted by atomic mass is 16.2. The Morgan fingerprint density at radius 2 is 2.30 bits per heavy atom. The maximum absolute atomic E-state index is 12.5. The normalized spacial score (nSPS) is 14.1. The van der Waals surface area contributed by atoms with Crippen molar-refractivity contribution in [2.75, 3.05) is 19.7 Å². The van der Waals surface area contributed by atoms with E-state index in [1.165, 1.54) is 19.3 Å². The molecule has 0 unspecified atom stereocenters. The zero-order valence-electron chi connectivity index (χ0n) is 11.8. The van der Waals surface area contributed by atoms with Crippen LogP contribution in [0, 0.1) is 17.8 Å². The largest absolute Gasteiger partial charge is 0.384 e. The lowest BCUT2D eigenvalue weighted by Gasteiger charge is -2.31. The molecule has 4 nitrogen and oxygen atoms in total. The van der Waals surface area contributed by atoms with E-state index < -0.39 is 0 Å². The van der Waals surface area contributed by atoms with Crippen LogP contribution in [0.1, 0.15) is 42.1 Å². The van der Waals surface area contributed by atoms with Gasteiger partial charge in [0.15, 0.2) is 0 Å². The Morgan fingerprint density at radius 3 is 2.90 bits per heavy atom. The van der Waals surface area contributed by atoms with Gasteiger partial charge in [0.05, 0.1) is 5.56 Å². The van der Waals surface area contributed by atoms with Gasteiger partial charge in [0, 0.05) is 31.0 Å². The van der Waals surface area contributed by atoms with E-state index in [0.717, 1.165) is 6.54 Å². The summed E-state index contributed by atoms with van der Waals surface area (Å²) >= 11 is 0. The molecule has 0 atom stereocenters. The number of nitrogens with zero attached hydrogens (tertiary/aromatic N) is 2. The van der Waals surface area contributed by atoms with Gasteiger partial charge in [-0.3, -0.25) is 9.78 Å². The topological polar surface area (TPSA) is 53.4 Å². The second-order valence-electron chi connectivity index (χ2n) is 5.06. The maximum atomic E-state index is 12.5. The van der Waals surface area contributed by atoms with Gasteiger partial charge < -0.3 is 10.0 Å². The molecular weight excluding hydrogens is 252 g/mol. The number of aromatic nitrogens is 1. The molecule has 4 heteroatoms. The molecule has 1 aliphatic carbocycles. The molecule has 1 saturated carbocycles. The number of carbonyl (C=O) groups excluding carboxylic acids is 1. The van der Waals surface area contributed by atoms with Crippen molar-refractivity contribution >= 4 is 5.91 Å². The molecule has 1 N–H and O–H groups in total. The van der Waals surface area contributed by atoms with Crippen molar-refractivity contribution in [1.82, 2.24) is 9.88 Å². The fourth-order valence-electron chi connectivity index (χ4n) is 2.29. The minimum Gasteiger partial charge on any atom is -0.384 e. The van der Waals surface area contributed by atoms with Crippen LogP contribution in [0.5, 0.6) is 0 Å². The minimum absolute atomic E-state index is 0.0135. The predicted octanol–water partition coefficient (Wildman–Crippen LogP) is 1.69. The van der Waals surface area contributed by atoms with Crippen LogP contribution in [0.15, 0.2) is 18.5 Å². The number of aliphatic hydroxyl groups is 1. The number of hydrogen-bond acceptors (Lipinski definition) is 3. The number of amides is 1. The summed E-state index contributed by atoms with van der Waals surface area (Å²) in [7, 11) is 0. The van der Waals surface area contributed by atoms with Crippen LogP contribution < -0.4 is 0 Å². The number of hydrogen-bond donors (Lipinski definition) is 1. The highest BCUT2D eigenvalue weighted by molar-refractivity contribution is 5.94. The average Bonchev–Trinajstić information content (AvgIpc) is 2.44. The Kier molecular flexibility index (Phi) is 5.14. The Labute approximate surface area is 119 Å². The first-order chi connectivity index (χ1) is 9.74. The summed E-state index contributed by atoms with van der Waals surface area (Å²) in [5.41, 5.74) is 1.22. The molecule has 0 aromatic carbocycles. The lowest BCUT2D eigenvalue weighted by Crippen LogP contribution is -2.37. The standard InChI is InChI=1S/C16H20N2O2/c1-2-18(12-13-5-3-6-13)16(20)15-9-14(7-4-8-19)10-17-11-15/h9-11,13,19H,2-3,5-6,8,12H2,1H3. The molecule has 0 saturated heterocycles. The predicted molar refractivity (Wildman–Crippen MR) is 77.1 cm³/mol. The number of pyridine rings is 1. The first-order valence-corrected chi connectivity index (χ1v) is 7.08. The molecule has 0 bridgehead atoms. The van der Waals surface area contributed by atoms with E-state index in [1.54, 1.807) is 18.5 Å². The molecule has 1 amide bonds. The van der Waals surface area contributed by atoms with Crippen molar-refractivity contribution in [3.8, 4) is 11.8 Å². The highest BCUT2D eigenvalue weighted by Crippen LogP contribution is 2.27. The summed E-state index contributed by atoms with van der Waals surface area (Å²) in [6, 6.07) is 1.74.